The van der Waals surface area contributed by atoms with Crippen LogP contribution in [0.1, 0.15) is 11.7 Å². The Morgan fingerprint density at radius 3 is 1.93 bits per heavy atom. The Hall–Kier alpha value is -4.68. The molecule has 0 aliphatic heterocycles. The Labute approximate surface area is 214 Å². The van der Waals surface area contributed by atoms with Crippen LogP contribution >= 0.6 is 0 Å². The number of aromatic nitrogens is 4. The number of carboxylic acids is 2. The number of hydrogen-bond acceptors (Lipinski definition) is 7. The summed E-state index contributed by atoms with van der Waals surface area (Å²) in [6.07, 6.45) is -11.9. The van der Waals surface area contributed by atoms with Crippen molar-refractivity contribution in [3.8, 4) is 22.8 Å². The van der Waals surface area contributed by atoms with Gasteiger partial charge in [0.1, 0.15) is 5.52 Å². The van der Waals surface area contributed by atoms with Gasteiger partial charge < -0.3 is 24.7 Å². The number of H-pyrrole nitrogens is 1. The van der Waals surface area contributed by atoms with Gasteiger partial charge in [-0.2, -0.15) is 39.5 Å². The Balaban J connectivity index is 0.000000333. The molecular formula is C21H13F9N4O6. The molecule has 3 heterocycles. The smallest absolute Gasteiger partial charge is 0.475 e. The predicted molar refractivity (Wildman–Crippen MR) is 113 cm³/mol. The van der Waals surface area contributed by atoms with Gasteiger partial charge in [-0.15, -0.1) is 0 Å². The monoisotopic (exact) mass is 588 g/mol. The van der Waals surface area contributed by atoms with Gasteiger partial charge in [-0.1, -0.05) is 6.07 Å². The van der Waals surface area contributed by atoms with E-state index in [1.54, 1.807) is 30.6 Å². The number of aliphatic hydroxyl groups excluding tert-OH is 1. The summed E-state index contributed by atoms with van der Waals surface area (Å²) in [6, 6.07) is 6.27. The molecular weight excluding hydrogens is 575 g/mol. The van der Waals surface area contributed by atoms with Crippen molar-refractivity contribution in [1.82, 2.24) is 19.9 Å². The second-order valence-corrected chi connectivity index (χ2v) is 7.20. The van der Waals surface area contributed by atoms with Crippen molar-refractivity contribution >= 4 is 23.0 Å². The lowest BCUT2D eigenvalue weighted by Crippen LogP contribution is -2.21. The third kappa shape index (κ3) is 8.68. The van der Waals surface area contributed by atoms with Crippen LogP contribution in [0.3, 0.4) is 0 Å². The van der Waals surface area contributed by atoms with Crippen molar-refractivity contribution in [3.63, 3.8) is 0 Å². The van der Waals surface area contributed by atoms with Crippen LogP contribution in [0.15, 0.2) is 53.5 Å². The number of benzene rings is 1. The molecule has 0 saturated carbocycles. The molecule has 0 aliphatic carbocycles. The normalized spacial score (nSPS) is 12.6. The van der Waals surface area contributed by atoms with E-state index in [4.69, 9.17) is 24.2 Å². The number of fused-ring (bicyclic) bond motifs is 1. The summed E-state index contributed by atoms with van der Waals surface area (Å²) in [6.45, 7) is 0. The molecule has 0 radical (unpaired) electrons. The SMILES string of the molecule is O=C(O)C(F)(F)F.O=C(O)C(F)(F)F.OC(c1cncc(-c2ccc3nc(-c4ncc[nH]4)oc3c2)c1)C(F)(F)F. The fourth-order valence-corrected chi connectivity index (χ4v) is 2.54. The molecule has 0 spiro atoms. The predicted octanol–water partition coefficient (Wildman–Crippen LogP) is 5.14. The van der Waals surface area contributed by atoms with E-state index in [0.717, 1.165) is 6.20 Å². The van der Waals surface area contributed by atoms with Gasteiger partial charge in [0, 0.05) is 35.9 Å². The molecule has 4 N–H and O–H groups in total. The van der Waals surface area contributed by atoms with Crippen LogP contribution in [0.2, 0.25) is 0 Å². The molecule has 1 aromatic carbocycles. The summed E-state index contributed by atoms with van der Waals surface area (Å²) in [5, 5.41) is 23.7. The Morgan fingerprint density at radius 2 is 1.45 bits per heavy atom. The van der Waals surface area contributed by atoms with Crippen molar-refractivity contribution in [3.05, 3.63) is 54.6 Å². The number of nitrogens with zero attached hydrogens (tertiary/aromatic N) is 3. The lowest BCUT2D eigenvalue weighted by Gasteiger charge is -2.15. The number of halogens is 9. The highest BCUT2D eigenvalue weighted by Gasteiger charge is 2.40. The first-order valence-corrected chi connectivity index (χ1v) is 10.0. The highest BCUT2D eigenvalue weighted by Crippen LogP contribution is 2.34. The zero-order chi connectivity index (χ0) is 30.5. The number of hydrogen-bond donors (Lipinski definition) is 4. The van der Waals surface area contributed by atoms with Gasteiger partial charge in [-0.05, 0) is 23.8 Å². The molecule has 10 nitrogen and oxygen atoms in total. The molecule has 4 rings (SSSR count). The number of imidazole rings is 1. The number of aliphatic hydroxyl groups is 1. The van der Waals surface area contributed by atoms with Crippen molar-refractivity contribution in [2.45, 2.75) is 24.6 Å². The number of aliphatic carboxylic acids is 2. The highest BCUT2D eigenvalue weighted by atomic mass is 19.4. The van der Waals surface area contributed by atoms with Crippen LogP contribution in [0.4, 0.5) is 39.5 Å². The standard InChI is InChI=1S/C17H11F3N4O2.2C2HF3O2/c18-17(19,20)14(25)11-5-10(7-21-8-11)9-1-2-12-13(6-9)26-16(24-12)15-22-3-4-23-15;2*3-2(4,5)1(6)7/h1-8,14,25H,(H,22,23);2*(H,6,7). The minimum atomic E-state index is -5.08. The summed E-state index contributed by atoms with van der Waals surface area (Å²) in [5.41, 5.74) is 1.71. The molecule has 3 aromatic heterocycles. The first-order valence-electron chi connectivity index (χ1n) is 10.0. The zero-order valence-electron chi connectivity index (χ0n) is 19.0. The first kappa shape index (κ1) is 31.5. The zero-order valence-corrected chi connectivity index (χ0v) is 19.0. The Bertz CT molecular complexity index is 1420. The third-order valence-electron chi connectivity index (χ3n) is 4.29. The number of aromatic amines is 1. The largest absolute Gasteiger partial charge is 0.490 e. The summed E-state index contributed by atoms with van der Waals surface area (Å²) >= 11 is 0. The van der Waals surface area contributed by atoms with Crippen molar-refractivity contribution in [2.24, 2.45) is 0 Å². The minimum Gasteiger partial charge on any atom is -0.475 e. The van der Waals surface area contributed by atoms with Gasteiger partial charge in [0.15, 0.2) is 17.5 Å². The summed E-state index contributed by atoms with van der Waals surface area (Å²) < 4.78 is 107. The van der Waals surface area contributed by atoms with Crippen molar-refractivity contribution in [1.29, 1.82) is 0 Å². The van der Waals surface area contributed by atoms with Crippen LogP contribution < -0.4 is 0 Å². The van der Waals surface area contributed by atoms with E-state index in [0.29, 0.717) is 33.9 Å². The van der Waals surface area contributed by atoms with Gasteiger partial charge in [-0.3, -0.25) is 4.98 Å². The molecule has 0 bridgehead atoms. The highest BCUT2D eigenvalue weighted by molar-refractivity contribution is 5.81. The van der Waals surface area contributed by atoms with E-state index in [1.807, 2.05) is 0 Å². The van der Waals surface area contributed by atoms with Crippen LogP contribution in [0.5, 0.6) is 0 Å². The lowest BCUT2D eigenvalue weighted by molar-refractivity contribution is -0.206. The van der Waals surface area contributed by atoms with E-state index >= 15 is 0 Å². The maximum absolute atomic E-state index is 12.7. The topological polar surface area (TPSA) is 162 Å². The summed E-state index contributed by atoms with van der Waals surface area (Å²) in [5.74, 6) is -4.73. The van der Waals surface area contributed by atoms with E-state index in [1.165, 1.54) is 12.3 Å². The number of alkyl halides is 9. The molecule has 0 aliphatic rings. The fourth-order valence-electron chi connectivity index (χ4n) is 2.54. The quantitative estimate of drug-likeness (QED) is 0.237. The fraction of sp³-hybridized carbons (Fsp3) is 0.190. The maximum Gasteiger partial charge on any atom is 0.490 e. The number of nitrogens with one attached hydrogen (secondary N) is 1. The molecule has 0 saturated heterocycles. The lowest BCUT2D eigenvalue weighted by atomic mass is 10.0. The van der Waals surface area contributed by atoms with Crippen molar-refractivity contribution in [2.75, 3.05) is 0 Å². The van der Waals surface area contributed by atoms with E-state index in [-0.39, 0.29) is 5.56 Å². The van der Waals surface area contributed by atoms with Crippen LogP contribution in [-0.4, -0.2) is 65.7 Å². The Morgan fingerprint density at radius 1 is 0.875 bits per heavy atom. The molecule has 0 fully saturated rings. The molecule has 4 aromatic rings. The van der Waals surface area contributed by atoms with Gasteiger partial charge in [-0.25, -0.2) is 19.6 Å². The molecule has 40 heavy (non-hydrogen) atoms. The van der Waals surface area contributed by atoms with Gasteiger partial charge >= 0.3 is 30.5 Å². The number of rotatable bonds is 3. The Kier molecular flexibility index (Phi) is 9.47. The number of carbonyl (C=O) groups is 2. The number of carboxylic acid groups (broad SMARTS) is 2. The molecule has 216 valence electrons. The number of oxazole rings is 1. The first-order chi connectivity index (χ1) is 18.3. The second kappa shape index (κ2) is 12.0. The molecule has 0 amide bonds. The second-order valence-electron chi connectivity index (χ2n) is 7.20. The maximum atomic E-state index is 12.7. The molecule has 1 atom stereocenters. The van der Waals surface area contributed by atoms with Crippen molar-refractivity contribution < 1.29 is 68.8 Å². The van der Waals surface area contributed by atoms with Gasteiger partial charge in [0.2, 0.25) is 0 Å². The van der Waals surface area contributed by atoms with E-state index in [2.05, 4.69) is 19.9 Å². The molecule has 1 unspecified atom stereocenters. The average Bonchev–Trinajstić information content (AvgIpc) is 3.52. The van der Waals surface area contributed by atoms with Crippen LogP contribution in [0.25, 0.3) is 33.9 Å². The minimum absolute atomic E-state index is 0.307. The van der Waals surface area contributed by atoms with Crippen LogP contribution in [0, 0.1) is 0 Å². The number of pyridine rings is 1. The van der Waals surface area contributed by atoms with Gasteiger partial charge in [0.05, 0.1) is 0 Å². The molecule has 19 heteroatoms. The summed E-state index contributed by atoms with van der Waals surface area (Å²) in [4.78, 5) is 32.8. The van der Waals surface area contributed by atoms with E-state index in [9.17, 15) is 44.6 Å². The van der Waals surface area contributed by atoms with E-state index < -0.39 is 36.6 Å². The third-order valence-corrected chi connectivity index (χ3v) is 4.29. The average molecular weight is 588 g/mol. The van der Waals surface area contributed by atoms with Gasteiger partial charge in [0.25, 0.3) is 5.89 Å². The summed E-state index contributed by atoms with van der Waals surface area (Å²) in [7, 11) is 0. The van der Waals surface area contributed by atoms with Crippen LogP contribution in [-0.2, 0) is 9.59 Å².